The van der Waals surface area contributed by atoms with E-state index in [4.69, 9.17) is 14.2 Å². The number of unbranched alkanes of at least 4 members (excludes halogenated alkanes) is 30. The first-order chi connectivity index (χ1) is 32.5. The van der Waals surface area contributed by atoms with E-state index in [2.05, 4.69) is 81.5 Å². The third kappa shape index (κ3) is 52.1. The molecule has 0 rings (SSSR count). The van der Waals surface area contributed by atoms with E-state index in [9.17, 15) is 14.4 Å². The van der Waals surface area contributed by atoms with Crippen LogP contribution in [-0.4, -0.2) is 37.2 Å². The van der Waals surface area contributed by atoms with E-state index in [1.165, 1.54) is 148 Å². The van der Waals surface area contributed by atoms with Crippen molar-refractivity contribution >= 4 is 17.9 Å². The molecule has 0 aromatic heterocycles. The van der Waals surface area contributed by atoms with Crippen molar-refractivity contribution in [3.63, 3.8) is 0 Å². The lowest BCUT2D eigenvalue weighted by atomic mass is 10.0. The highest BCUT2D eigenvalue weighted by Gasteiger charge is 2.19. The number of carbonyl (C=O) groups excluding carboxylic acids is 3. The largest absolute Gasteiger partial charge is 0.462 e. The van der Waals surface area contributed by atoms with Gasteiger partial charge in [-0.05, 0) is 89.9 Å². The van der Waals surface area contributed by atoms with E-state index >= 15 is 0 Å². The van der Waals surface area contributed by atoms with Crippen LogP contribution in [-0.2, 0) is 28.6 Å². The van der Waals surface area contributed by atoms with Crippen LogP contribution in [0.4, 0.5) is 0 Å². The molecule has 0 spiro atoms. The highest BCUT2D eigenvalue weighted by atomic mass is 16.6. The molecule has 0 heterocycles. The number of rotatable bonds is 51. The average Bonchev–Trinajstić information content (AvgIpc) is 3.31. The van der Waals surface area contributed by atoms with Crippen molar-refractivity contribution in [3.8, 4) is 0 Å². The van der Waals surface area contributed by atoms with E-state index < -0.39 is 6.10 Å². The number of allylic oxidation sites excluding steroid dienone is 10. The van der Waals surface area contributed by atoms with Crippen LogP contribution < -0.4 is 0 Å². The Hall–Kier alpha value is -2.89. The quantitative estimate of drug-likeness (QED) is 0.0262. The van der Waals surface area contributed by atoms with E-state index in [0.29, 0.717) is 19.3 Å². The predicted molar refractivity (Wildman–Crippen MR) is 284 cm³/mol. The number of esters is 3. The monoisotopic (exact) mass is 923 g/mol. The van der Waals surface area contributed by atoms with Gasteiger partial charge in [-0.15, -0.1) is 0 Å². The molecular formula is C60H106O6. The van der Waals surface area contributed by atoms with Gasteiger partial charge in [0.05, 0.1) is 0 Å². The highest BCUT2D eigenvalue weighted by molar-refractivity contribution is 5.71. The standard InChI is InChI=1S/C60H106O6/c1-4-7-10-13-16-19-22-25-28-30-32-35-38-41-44-47-50-53-59(62)65-56-57(55-64-58(61)52-49-46-43-40-37-34-27-24-21-18-15-12-9-6-3)66-60(63)54-51-48-45-42-39-36-33-31-29-26-23-20-17-14-11-8-5-2/h16-17,19-20,25-26,28-29,32,35,57H,4-15,18,21-24,27,30-31,33-34,36-56H2,1-3H3/b19-16-,20-17-,28-25-,29-26-,35-32-/t57-/m1/s1. The zero-order valence-electron chi connectivity index (χ0n) is 43.7. The van der Waals surface area contributed by atoms with Gasteiger partial charge >= 0.3 is 17.9 Å². The summed E-state index contributed by atoms with van der Waals surface area (Å²) in [7, 11) is 0. The number of carbonyl (C=O) groups is 3. The summed E-state index contributed by atoms with van der Waals surface area (Å²) in [5.41, 5.74) is 0. The normalized spacial score (nSPS) is 12.5. The van der Waals surface area contributed by atoms with Gasteiger partial charge in [-0.3, -0.25) is 14.4 Å². The van der Waals surface area contributed by atoms with Crippen molar-refractivity contribution in [1.82, 2.24) is 0 Å². The summed E-state index contributed by atoms with van der Waals surface area (Å²) in [6, 6.07) is 0. The number of ether oxygens (including phenoxy) is 3. The minimum Gasteiger partial charge on any atom is -0.462 e. The Balaban J connectivity index is 4.42. The zero-order chi connectivity index (χ0) is 47.9. The molecule has 0 N–H and O–H groups in total. The zero-order valence-corrected chi connectivity index (χ0v) is 43.7. The van der Waals surface area contributed by atoms with Gasteiger partial charge in [0.2, 0.25) is 0 Å². The van der Waals surface area contributed by atoms with Gasteiger partial charge in [-0.25, -0.2) is 0 Å². The van der Waals surface area contributed by atoms with Gasteiger partial charge in [0.1, 0.15) is 13.2 Å². The lowest BCUT2D eigenvalue weighted by Gasteiger charge is -2.18. The maximum atomic E-state index is 12.8. The molecule has 0 fully saturated rings. The topological polar surface area (TPSA) is 78.9 Å². The fourth-order valence-electron chi connectivity index (χ4n) is 7.95. The van der Waals surface area contributed by atoms with Gasteiger partial charge in [-0.2, -0.15) is 0 Å². The molecule has 0 radical (unpaired) electrons. The molecule has 0 aromatic carbocycles. The van der Waals surface area contributed by atoms with Gasteiger partial charge in [0, 0.05) is 19.3 Å². The van der Waals surface area contributed by atoms with E-state index in [-0.39, 0.29) is 31.1 Å². The molecule has 0 aliphatic heterocycles. The second kappa shape index (κ2) is 54.7. The fraction of sp³-hybridized carbons (Fsp3) is 0.783. The molecule has 0 unspecified atom stereocenters. The third-order valence-corrected chi connectivity index (χ3v) is 12.2. The molecule has 0 saturated heterocycles. The van der Waals surface area contributed by atoms with Gasteiger partial charge in [0.15, 0.2) is 6.10 Å². The Labute approximate surface area is 409 Å². The van der Waals surface area contributed by atoms with Crippen LogP contribution >= 0.6 is 0 Å². The summed E-state index contributed by atoms with van der Waals surface area (Å²) in [5.74, 6) is -0.902. The minimum atomic E-state index is -0.786. The third-order valence-electron chi connectivity index (χ3n) is 12.2. The summed E-state index contributed by atoms with van der Waals surface area (Å²) in [5, 5.41) is 0. The second-order valence-electron chi connectivity index (χ2n) is 18.8. The first-order valence-corrected chi connectivity index (χ1v) is 28.3. The molecule has 6 heteroatoms. The van der Waals surface area contributed by atoms with E-state index in [0.717, 1.165) is 96.3 Å². The Morgan fingerprint density at radius 3 is 0.879 bits per heavy atom. The molecule has 0 bridgehead atoms. The van der Waals surface area contributed by atoms with Crippen molar-refractivity contribution in [2.24, 2.45) is 0 Å². The average molecular weight is 924 g/mol. The second-order valence-corrected chi connectivity index (χ2v) is 18.8. The van der Waals surface area contributed by atoms with Crippen LogP contribution in [0.3, 0.4) is 0 Å². The lowest BCUT2D eigenvalue weighted by Crippen LogP contribution is -2.30. The van der Waals surface area contributed by atoms with Gasteiger partial charge in [0.25, 0.3) is 0 Å². The summed E-state index contributed by atoms with van der Waals surface area (Å²) in [6.45, 7) is 6.58. The van der Waals surface area contributed by atoms with Gasteiger partial charge < -0.3 is 14.2 Å². The Morgan fingerprint density at radius 1 is 0.303 bits per heavy atom. The molecule has 6 nitrogen and oxygen atoms in total. The van der Waals surface area contributed by atoms with Crippen LogP contribution in [0.1, 0.15) is 284 Å². The van der Waals surface area contributed by atoms with Crippen LogP contribution in [0.5, 0.6) is 0 Å². The molecule has 0 amide bonds. The van der Waals surface area contributed by atoms with Crippen molar-refractivity contribution in [1.29, 1.82) is 0 Å². The van der Waals surface area contributed by atoms with Crippen molar-refractivity contribution in [2.45, 2.75) is 290 Å². The Morgan fingerprint density at radius 2 is 0.545 bits per heavy atom. The van der Waals surface area contributed by atoms with Crippen LogP contribution in [0.15, 0.2) is 60.8 Å². The SMILES string of the molecule is CCCCC/C=C\C/C=C\C/C=C\CCCCCCC(=O)OC[C@@H](COC(=O)CCCCCCCCCCCCCCCC)OC(=O)CCCCCCCCC/C=C\C/C=C\CCCCC. The number of hydrogen-bond donors (Lipinski definition) is 0. The molecule has 0 aliphatic rings. The first kappa shape index (κ1) is 63.1. The van der Waals surface area contributed by atoms with Crippen LogP contribution in [0.25, 0.3) is 0 Å². The molecule has 66 heavy (non-hydrogen) atoms. The lowest BCUT2D eigenvalue weighted by molar-refractivity contribution is -0.167. The smallest absolute Gasteiger partial charge is 0.306 e. The summed E-state index contributed by atoms with van der Waals surface area (Å²) < 4.78 is 16.8. The molecular weight excluding hydrogens is 817 g/mol. The summed E-state index contributed by atoms with van der Waals surface area (Å²) >= 11 is 0. The minimum absolute atomic E-state index is 0.0825. The number of hydrogen-bond acceptors (Lipinski definition) is 6. The van der Waals surface area contributed by atoms with E-state index in [1.54, 1.807) is 0 Å². The summed E-state index contributed by atoms with van der Waals surface area (Å²) in [6.07, 6.45) is 67.7. The predicted octanol–water partition coefficient (Wildman–Crippen LogP) is 18.8. The van der Waals surface area contributed by atoms with Crippen LogP contribution in [0, 0.1) is 0 Å². The van der Waals surface area contributed by atoms with E-state index in [1.807, 2.05) is 0 Å². The van der Waals surface area contributed by atoms with Gasteiger partial charge in [-0.1, -0.05) is 236 Å². The molecule has 382 valence electrons. The Kier molecular flexibility index (Phi) is 52.3. The molecule has 0 aliphatic carbocycles. The van der Waals surface area contributed by atoms with Crippen LogP contribution in [0.2, 0.25) is 0 Å². The fourth-order valence-corrected chi connectivity index (χ4v) is 7.95. The van der Waals surface area contributed by atoms with Crippen molar-refractivity contribution in [3.05, 3.63) is 60.8 Å². The molecule has 0 saturated carbocycles. The highest BCUT2D eigenvalue weighted by Crippen LogP contribution is 2.15. The molecule has 1 atom stereocenters. The summed E-state index contributed by atoms with van der Waals surface area (Å²) in [4.78, 5) is 38.1. The molecule has 0 aromatic rings. The maximum Gasteiger partial charge on any atom is 0.306 e. The Bertz CT molecular complexity index is 1200. The van der Waals surface area contributed by atoms with Crippen molar-refractivity contribution in [2.75, 3.05) is 13.2 Å². The maximum absolute atomic E-state index is 12.8. The van der Waals surface area contributed by atoms with Crippen molar-refractivity contribution < 1.29 is 28.6 Å². The first-order valence-electron chi connectivity index (χ1n) is 28.3.